The van der Waals surface area contributed by atoms with Gasteiger partial charge in [-0.05, 0) is 69.7 Å². The molecule has 4 nitrogen and oxygen atoms in total. The van der Waals surface area contributed by atoms with E-state index in [4.69, 9.17) is 21.4 Å². The van der Waals surface area contributed by atoms with Crippen molar-refractivity contribution in [2.75, 3.05) is 13.2 Å². The lowest BCUT2D eigenvalue weighted by molar-refractivity contribution is -0.0769. The Morgan fingerprint density at radius 2 is 1.86 bits per heavy atom. The van der Waals surface area contributed by atoms with E-state index in [0.717, 1.165) is 24.6 Å². The molecule has 28 heavy (non-hydrogen) atoms. The van der Waals surface area contributed by atoms with Gasteiger partial charge in [-0.2, -0.15) is 5.10 Å². The standard InChI is InChI=1S/C23H32ClN3O/c1-16-12-23(25-26(16)3)19-6-10-21(11-7-19)27-14-17(2)28-15-22(27)13-18-4-8-20(24)9-5-18/h4-5,8-9,12,17,19,21-22H,6-7,10-11,13-15H2,1-3H3/t17-,19?,21?,22-/m0/s1. The Balaban J connectivity index is 1.41. The molecule has 1 saturated heterocycles. The summed E-state index contributed by atoms with van der Waals surface area (Å²) in [5, 5.41) is 5.54. The van der Waals surface area contributed by atoms with Crippen molar-refractivity contribution >= 4 is 11.6 Å². The molecule has 0 bridgehead atoms. The first-order chi connectivity index (χ1) is 13.5. The molecule has 0 unspecified atom stereocenters. The van der Waals surface area contributed by atoms with Gasteiger partial charge in [0.25, 0.3) is 0 Å². The van der Waals surface area contributed by atoms with Crippen LogP contribution in [0.3, 0.4) is 0 Å². The number of morpholine rings is 1. The Morgan fingerprint density at radius 3 is 2.50 bits per heavy atom. The van der Waals surface area contributed by atoms with Gasteiger partial charge in [0.15, 0.2) is 0 Å². The molecule has 0 radical (unpaired) electrons. The number of benzene rings is 1. The molecule has 1 aromatic carbocycles. The highest BCUT2D eigenvalue weighted by Gasteiger charge is 2.35. The Kier molecular flexibility index (Phi) is 6.10. The van der Waals surface area contributed by atoms with E-state index in [1.54, 1.807) is 0 Å². The smallest absolute Gasteiger partial charge is 0.0674 e. The first-order valence-corrected chi connectivity index (χ1v) is 11.0. The predicted molar refractivity (Wildman–Crippen MR) is 114 cm³/mol. The van der Waals surface area contributed by atoms with E-state index in [9.17, 15) is 0 Å². The minimum atomic E-state index is 0.317. The monoisotopic (exact) mass is 401 g/mol. The third-order valence-electron chi connectivity index (χ3n) is 6.61. The van der Waals surface area contributed by atoms with Crippen LogP contribution in [0.25, 0.3) is 0 Å². The van der Waals surface area contributed by atoms with E-state index in [0.29, 0.717) is 24.1 Å². The zero-order chi connectivity index (χ0) is 19.7. The molecule has 1 aliphatic carbocycles. The molecular formula is C23H32ClN3O. The van der Waals surface area contributed by atoms with Gasteiger partial charge in [-0.25, -0.2) is 0 Å². The molecule has 2 atom stereocenters. The van der Waals surface area contributed by atoms with Gasteiger partial charge >= 0.3 is 0 Å². The normalized spacial score (nSPS) is 29.1. The van der Waals surface area contributed by atoms with Crippen molar-refractivity contribution in [2.24, 2.45) is 7.05 Å². The largest absolute Gasteiger partial charge is 0.376 e. The average Bonchev–Trinajstić information content (AvgIpc) is 3.04. The second-order valence-electron chi connectivity index (χ2n) is 8.66. The van der Waals surface area contributed by atoms with E-state index < -0.39 is 0 Å². The number of hydrogen-bond acceptors (Lipinski definition) is 3. The molecule has 1 saturated carbocycles. The van der Waals surface area contributed by atoms with Gasteiger partial charge in [-0.3, -0.25) is 9.58 Å². The molecule has 1 aliphatic heterocycles. The highest BCUT2D eigenvalue weighted by molar-refractivity contribution is 6.30. The lowest BCUT2D eigenvalue weighted by Crippen LogP contribution is -2.54. The second-order valence-corrected chi connectivity index (χ2v) is 9.10. The molecule has 1 aromatic heterocycles. The molecule has 152 valence electrons. The van der Waals surface area contributed by atoms with Crippen molar-refractivity contribution in [2.45, 2.75) is 70.1 Å². The van der Waals surface area contributed by atoms with Crippen molar-refractivity contribution in [3.05, 3.63) is 52.3 Å². The van der Waals surface area contributed by atoms with Gasteiger partial charge in [0.1, 0.15) is 0 Å². The summed E-state index contributed by atoms with van der Waals surface area (Å²) in [5.74, 6) is 0.615. The van der Waals surface area contributed by atoms with Crippen LogP contribution in [-0.2, 0) is 18.2 Å². The third kappa shape index (κ3) is 4.45. The van der Waals surface area contributed by atoms with Crippen LogP contribution in [0.1, 0.15) is 55.5 Å². The van der Waals surface area contributed by atoms with Crippen LogP contribution in [0.5, 0.6) is 0 Å². The first-order valence-electron chi connectivity index (χ1n) is 10.6. The lowest BCUT2D eigenvalue weighted by atomic mass is 9.82. The lowest BCUT2D eigenvalue weighted by Gasteiger charge is -2.45. The van der Waals surface area contributed by atoms with Gasteiger partial charge in [-0.15, -0.1) is 0 Å². The molecule has 2 fully saturated rings. The highest BCUT2D eigenvalue weighted by Crippen LogP contribution is 2.36. The van der Waals surface area contributed by atoms with Crippen molar-refractivity contribution in [1.29, 1.82) is 0 Å². The maximum atomic E-state index is 6.06. The van der Waals surface area contributed by atoms with Gasteiger partial charge in [0.05, 0.1) is 18.4 Å². The van der Waals surface area contributed by atoms with Crippen molar-refractivity contribution in [3.8, 4) is 0 Å². The summed E-state index contributed by atoms with van der Waals surface area (Å²) in [4.78, 5) is 2.74. The van der Waals surface area contributed by atoms with Gasteiger partial charge < -0.3 is 4.74 Å². The summed E-state index contributed by atoms with van der Waals surface area (Å²) in [6.45, 7) is 6.20. The van der Waals surface area contributed by atoms with Crippen LogP contribution in [0.15, 0.2) is 30.3 Å². The van der Waals surface area contributed by atoms with Gasteiger partial charge in [0.2, 0.25) is 0 Å². The zero-order valence-corrected chi connectivity index (χ0v) is 18.0. The van der Waals surface area contributed by atoms with E-state index >= 15 is 0 Å². The van der Waals surface area contributed by atoms with Gasteiger partial charge in [-0.1, -0.05) is 23.7 Å². The number of halogens is 1. The van der Waals surface area contributed by atoms with Crippen LogP contribution in [0.2, 0.25) is 5.02 Å². The van der Waals surface area contributed by atoms with Gasteiger partial charge in [0, 0.05) is 42.3 Å². The maximum absolute atomic E-state index is 6.06. The summed E-state index contributed by atoms with van der Waals surface area (Å²) < 4.78 is 8.04. The van der Waals surface area contributed by atoms with Crippen molar-refractivity contribution < 1.29 is 4.74 Å². The molecule has 0 amide bonds. The summed E-state index contributed by atoms with van der Waals surface area (Å²) in [5.41, 5.74) is 3.88. The van der Waals surface area contributed by atoms with E-state index in [2.05, 4.69) is 36.9 Å². The van der Waals surface area contributed by atoms with E-state index in [1.807, 2.05) is 23.9 Å². The summed E-state index contributed by atoms with van der Waals surface area (Å²) in [6, 6.07) is 11.7. The molecule has 2 aliphatic rings. The molecule has 2 heterocycles. The molecule has 4 rings (SSSR count). The number of rotatable bonds is 4. The Morgan fingerprint density at radius 1 is 1.14 bits per heavy atom. The Bertz CT molecular complexity index is 760. The second kappa shape index (κ2) is 8.56. The summed E-state index contributed by atoms with van der Waals surface area (Å²) in [7, 11) is 2.04. The zero-order valence-electron chi connectivity index (χ0n) is 17.3. The Labute approximate surface area is 173 Å². The van der Waals surface area contributed by atoms with Crippen LogP contribution in [0, 0.1) is 6.92 Å². The molecule has 0 N–H and O–H groups in total. The molecule has 0 spiro atoms. The quantitative estimate of drug-likeness (QED) is 0.741. The minimum Gasteiger partial charge on any atom is -0.376 e. The number of aryl methyl sites for hydroxylation is 2. The SMILES string of the molecule is Cc1cc(C2CCC(N3C[C@H](C)OC[C@@H]3Cc3ccc(Cl)cc3)CC2)nn1C. The summed E-state index contributed by atoms with van der Waals surface area (Å²) >= 11 is 6.06. The number of nitrogens with zero attached hydrogens (tertiary/aromatic N) is 3. The fraction of sp³-hybridized carbons (Fsp3) is 0.609. The number of ether oxygens (including phenoxy) is 1. The fourth-order valence-electron chi connectivity index (χ4n) is 4.88. The number of hydrogen-bond donors (Lipinski definition) is 0. The average molecular weight is 402 g/mol. The predicted octanol–water partition coefficient (Wildman–Crippen LogP) is 4.74. The van der Waals surface area contributed by atoms with Crippen LogP contribution < -0.4 is 0 Å². The Hall–Kier alpha value is -1.36. The fourth-order valence-corrected chi connectivity index (χ4v) is 5.00. The topological polar surface area (TPSA) is 30.3 Å². The maximum Gasteiger partial charge on any atom is 0.0674 e. The highest BCUT2D eigenvalue weighted by atomic mass is 35.5. The number of aromatic nitrogens is 2. The minimum absolute atomic E-state index is 0.317. The van der Waals surface area contributed by atoms with Crippen molar-refractivity contribution in [1.82, 2.24) is 14.7 Å². The van der Waals surface area contributed by atoms with E-state index in [-0.39, 0.29) is 0 Å². The van der Waals surface area contributed by atoms with Crippen LogP contribution >= 0.6 is 11.6 Å². The molecule has 5 heteroatoms. The van der Waals surface area contributed by atoms with Crippen molar-refractivity contribution in [3.63, 3.8) is 0 Å². The van der Waals surface area contributed by atoms with E-state index in [1.165, 1.54) is 42.6 Å². The van der Waals surface area contributed by atoms with Crippen LogP contribution in [-0.4, -0.2) is 46.0 Å². The third-order valence-corrected chi connectivity index (χ3v) is 6.86. The molecular weight excluding hydrogens is 370 g/mol. The molecule has 2 aromatic rings. The first kappa shape index (κ1) is 19.9. The summed E-state index contributed by atoms with van der Waals surface area (Å²) in [6.07, 6.45) is 6.33. The van der Waals surface area contributed by atoms with Crippen LogP contribution in [0.4, 0.5) is 0 Å².